The topological polar surface area (TPSA) is 150 Å². The Balaban J connectivity index is 1.64. The van der Waals surface area contributed by atoms with Crippen molar-refractivity contribution in [3.63, 3.8) is 0 Å². The monoisotopic (exact) mass is 452 g/mol. The average Bonchev–Trinajstić information content (AvgIpc) is 3.40. The van der Waals surface area contributed by atoms with E-state index >= 15 is 0 Å². The van der Waals surface area contributed by atoms with Crippen LogP contribution >= 0.6 is 11.3 Å². The quantitative estimate of drug-likeness (QED) is 0.592. The maximum atomic E-state index is 12.6. The lowest BCUT2D eigenvalue weighted by Gasteiger charge is -2.19. The number of sulfonamides is 1. The van der Waals surface area contributed by atoms with Crippen molar-refractivity contribution in [2.45, 2.75) is 13.3 Å². The van der Waals surface area contributed by atoms with Crippen molar-refractivity contribution in [2.24, 2.45) is 0 Å². The number of aromatic nitrogens is 4. The molecular formula is C16H16N6O6S2. The number of hydrogen-bond acceptors (Lipinski definition) is 10. The molecule has 0 radical (unpaired) electrons. The van der Waals surface area contributed by atoms with Gasteiger partial charge in [0.25, 0.3) is 5.91 Å². The van der Waals surface area contributed by atoms with Gasteiger partial charge in [0, 0.05) is 24.5 Å². The molecule has 12 nitrogen and oxygen atoms in total. The molecule has 0 bridgehead atoms. The number of methoxy groups -OCH3 is 1. The van der Waals surface area contributed by atoms with Crippen LogP contribution in [0.25, 0.3) is 5.13 Å². The summed E-state index contributed by atoms with van der Waals surface area (Å²) in [6.45, 7) is 2.01. The molecule has 4 rings (SSSR count). The number of ether oxygens (including phenoxy) is 1. The average molecular weight is 452 g/mol. The summed E-state index contributed by atoms with van der Waals surface area (Å²) in [5.41, 5.74) is -0.171. The third-order valence-electron chi connectivity index (χ3n) is 4.33. The number of nitrogens with zero attached hydrogens (tertiary/aromatic N) is 5. The Bertz CT molecular complexity index is 1280. The van der Waals surface area contributed by atoms with Gasteiger partial charge in [0.1, 0.15) is 5.69 Å². The number of anilines is 2. The highest BCUT2D eigenvalue weighted by atomic mass is 32.2. The summed E-state index contributed by atoms with van der Waals surface area (Å²) in [6, 6.07) is 2.96. The molecule has 1 aliphatic rings. The molecule has 1 aliphatic heterocycles. The Morgan fingerprint density at radius 3 is 2.80 bits per heavy atom. The fraction of sp³-hybridized carbons (Fsp3) is 0.312. The Hall–Kier alpha value is -3.26. The van der Waals surface area contributed by atoms with E-state index in [1.807, 2.05) is 6.92 Å². The van der Waals surface area contributed by atoms with Gasteiger partial charge in [0.15, 0.2) is 5.76 Å². The second kappa shape index (κ2) is 7.53. The van der Waals surface area contributed by atoms with Gasteiger partial charge in [0.05, 0.1) is 12.9 Å². The van der Waals surface area contributed by atoms with Crippen LogP contribution in [-0.2, 0) is 10.0 Å². The van der Waals surface area contributed by atoms with Crippen molar-refractivity contribution in [1.29, 1.82) is 0 Å². The zero-order valence-corrected chi connectivity index (χ0v) is 17.5. The largest absolute Gasteiger partial charge is 0.488 e. The maximum absolute atomic E-state index is 12.6. The van der Waals surface area contributed by atoms with Crippen LogP contribution in [0.1, 0.15) is 22.7 Å². The predicted octanol–water partition coefficient (Wildman–Crippen LogP) is 0.786. The van der Waals surface area contributed by atoms with Crippen LogP contribution < -0.4 is 20.0 Å². The number of nitrogens with one attached hydrogen (secondary N) is 1. The van der Waals surface area contributed by atoms with E-state index in [0.717, 1.165) is 27.4 Å². The molecule has 1 fully saturated rings. The molecule has 14 heteroatoms. The zero-order valence-electron chi connectivity index (χ0n) is 15.9. The lowest BCUT2D eigenvalue weighted by molar-refractivity contribution is 0.0991. The second-order valence-corrected chi connectivity index (χ2v) is 9.26. The van der Waals surface area contributed by atoms with Crippen molar-refractivity contribution >= 4 is 38.1 Å². The first-order valence-corrected chi connectivity index (χ1v) is 11.1. The van der Waals surface area contributed by atoms with Gasteiger partial charge in [-0.05, 0) is 19.4 Å². The van der Waals surface area contributed by atoms with Crippen molar-refractivity contribution in [2.75, 3.05) is 29.0 Å². The summed E-state index contributed by atoms with van der Waals surface area (Å²) >= 11 is 1.06. The van der Waals surface area contributed by atoms with Gasteiger partial charge in [-0.25, -0.2) is 17.9 Å². The van der Waals surface area contributed by atoms with E-state index in [1.54, 1.807) is 16.9 Å². The van der Waals surface area contributed by atoms with Crippen molar-refractivity contribution in [3.05, 3.63) is 40.2 Å². The summed E-state index contributed by atoms with van der Waals surface area (Å²) in [4.78, 5) is 24.9. The second-order valence-electron chi connectivity index (χ2n) is 6.29. The van der Waals surface area contributed by atoms with E-state index in [1.165, 1.54) is 7.11 Å². The minimum Gasteiger partial charge on any atom is -0.488 e. The lowest BCUT2D eigenvalue weighted by atomic mass is 10.3. The van der Waals surface area contributed by atoms with E-state index in [-0.39, 0.29) is 34.6 Å². The Labute approximate surface area is 174 Å². The zero-order chi connectivity index (χ0) is 21.5. The molecule has 1 saturated heterocycles. The molecule has 0 unspecified atom stereocenters. The molecule has 3 aromatic rings. The SMILES string of the molecule is COc1c(N2CCCS2(=O)=O)cc(C(=O)Nc2nnc(-n3nccc3C)s2)oc1=O. The van der Waals surface area contributed by atoms with Gasteiger partial charge in [-0.1, -0.05) is 11.3 Å². The standard InChI is InChI=1S/C16H16N6O6S2/c1-9-4-5-17-22(9)16-20-19-15(29-16)18-13(23)11-8-10(12(27-2)14(24)28-11)21-6-3-7-30(21,25)26/h4-5,8H,3,6-7H2,1-2H3,(H,18,19,23). The Morgan fingerprint density at radius 1 is 1.37 bits per heavy atom. The lowest BCUT2D eigenvalue weighted by Crippen LogP contribution is -2.28. The fourth-order valence-corrected chi connectivity index (χ4v) is 5.26. The predicted molar refractivity (Wildman–Crippen MR) is 107 cm³/mol. The molecule has 0 atom stereocenters. The minimum absolute atomic E-state index is 0.0403. The van der Waals surface area contributed by atoms with E-state index in [0.29, 0.717) is 11.6 Å². The third kappa shape index (κ3) is 3.54. The van der Waals surface area contributed by atoms with E-state index < -0.39 is 21.6 Å². The van der Waals surface area contributed by atoms with Gasteiger partial charge in [-0.15, -0.1) is 10.2 Å². The van der Waals surface area contributed by atoms with Gasteiger partial charge in [-0.3, -0.25) is 14.4 Å². The summed E-state index contributed by atoms with van der Waals surface area (Å²) in [7, 11) is -2.39. The first-order valence-electron chi connectivity index (χ1n) is 8.68. The van der Waals surface area contributed by atoms with Gasteiger partial charge in [-0.2, -0.15) is 5.10 Å². The van der Waals surface area contributed by atoms with Crippen LogP contribution in [0.5, 0.6) is 5.75 Å². The van der Waals surface area contributed by atoms with Crippen LogP contribution in [0.2, 0.25) is 0 Å². The number of amides is 1. The molecule has 1 N–H and O–H groups in total. The normalized spacial score (nSPS) is 15.3. The van der Waals surface area contributed by atoms with Crippen molar-refractivity contribution in [1.82, 2.24) is 20.0 Å². The van der Waals surface area contributed by atoms with Gasteiger partial charge < -0.3 is 9.15 Å². The number of carbonyl (C=O) groups is 1. The van der Waals surface area contributed by atoms with Crippen LogP contribution in [0.4, 0.5) is 10.8 Å². The number of carbonyl (C=O) groups excluding carboxylic acids is 1. The van der Waals surface area contributed by atoms with Crippen LogP contribution in [0, 0.1) is 6.92 Å². The number of rotatable bonds is 5. The molecule has 3 aromatic heterocycles. The van der Waals surface area contributed by atoms with Gasteiger partial charge in [0.2, 0.25) is 26.0 Å². The van der Waals surface area contributed by atoms with E-state index in [9.17, 15) is 18.0 Å². The molecule has 0 spiro atoms. The first-order chi connectivity index (χ1) is 14.3. The molecule has 0 aliphatic carbocycles. The highest BCUT2D eigenvalue weighted by Gasteiger charge is 2.33. The molecule has 0 saturated carbocycles. The molecule has 4 heterocycles. The highest BCUT2D eigenvalue weighted by Crippen LogP contribution is 2.31. The summed E-state index contributed by atoms with van der Waals surface area (Å²) in [5, 5.41) is 15.0. The van der Waals surface area contributed by atoms with E-state index in [2.05, 4.69) is 20.6 Å². The fourth-order valence-electron chi connectivity index (χ4n) is 2.95. The van der Waals surface area contributed by atoms with Crippen LogP contribution in [-0.4, -0.2) is 53.7 Å². The maximum Gasteiger partial charge on any atom is 0.381 e. The Morgan fingerprint density at radius 2 is 2.17 bits per heavy atom. The third-order valence-corrected chi connectivity index (χ3v) is 7.00. The minimum atomic E-state index is -3.61. The number of aryl methyl sites for hydroxylation is 1. The van der Waals surface area contributed by atoms with Crippen LogP contribution in [0.15, 0.2) is 27.5 Å². The smallest absolute Gasteiger partial charge is 0.381 e. The van der Waals surface area contributed by atoms with Crippen LogP contribution in [0.3, 0.4) is 0 Å². The molecule has 0 aromatic carbocycles. The molecule has 1 amide bonds. The molecular weight excluding hydrogens is 436 g/mol. The summed E-state index contributed by atoms with van der Waals surface area (Å²) in [6.07, 6.45) is 2.00. The van der Waals surface area contributed by atoms with E-state index in [4.69, 9.17) is 9.15 Å². The first kappa shape index (κ1) is 20.0. The van der Waals surface area contributed by atoms with Crippen molar-refractivity contribution < 1.29 is 22.4 Å². The number of hydrogen-bond donors (Lipinski definition) is 1. The van der Waals surface area contributed by atoms with Crippen molar-refractivity contribution in [3.8, 4) is 10.9 Å². The molecule has 30 heavy (non-hydrogen) atoms. The Kier molecular flexibility index (Phi) is 5.03. The highest BCUT2D eigenvalue weighted by molar-refractivity contribution is 7.93. The van der Waals surface area contributed by atoms with Gasteiger partial charge >= 0.3 is 5.63 Å². The summed E-state index contributed by atoms with van der Waals surface area (Å²) < 4.78 is 37.2. The summed E-state index contributed by atoms with van der Waals surface area (Å²) in [5.74, 6) is -1.51. The molecule has 158 valence electrons.